The van der Waals surface area contributed by atoms with Gasteiger partial charge in [-0.2, -0.15) is 0 Å². The number of carbonyl (C=O) groups is 1. The Morgan fingerprint density at radius 3 is 2.67 bits per heavy atom. The molecule has 0 radical (unpaired) electrons. The van der Waals surface area contributed by atoms with Crippen molar-refractivity contribution in [1.29, 1.82) is 0 Å². The second kappa shape index (κ2) is 7.46. The summed E-state index contributed by atoms with van der Waals surface area (Å²) in [6.07, 6.45) is 1.89. The van der Waals surface area contributed by atoms with E-state index in [2.05, 4.69) is 32.1 Å². The van der Waals surface area contributed by atoms with Gasteiger partial charge >= 0.3 is 0 Å². The third-order valence-corrected chi connectivity index (χ3v) is 4.09. The molecule has 3 N–H and O–H groups in total. The van der Waals surface area contributed by atoms with Crippen molar-refractivity contribution in [3.05, 3.63) is 65.3 Å². The maximum Gasteiger partial charge on any atom is 0.258 e. The van der Waals surface area contributed by atoms with Crippen LogP contribution in [0.2, 0.25) is 0 Å². The first-order chi connectivity index (χ1) is 11.6. The predicted octanol–water partition coefficient (Wildman–Crippen LogP) is 3.42. The summed E-state index contributed by atoms with van der Waals surface area (Å²) in [6.45, 7) is 0.200. The lowest BCUT2D eigenvalue weighted by Crippen LogP contribution is -2.45. The van der Waals surface area contributed by atoms with Gasteiger partial charge in [-0.1, -0.05) is 34.1 Å². The van der Waals surface area contributed by atoms with Gasteiger partial charge in [0.15, 0.2) is 5.11 Å². The molecule has 2 aromatic carbocycles. The van der Waals surface area contributed by atoms with Gasteiger partial charge in [0.2, 0.25) is 0 Å². The van der Waals surface area contributed by atoms with E-state index in [1.54, 1.807) is 0 Å². The van der Waals surface area contributed by atoms with Crippen molar-refractivity contribution in [2.75, 3.05) is 5.32 Å². The number of benzene rings is 2. The molecule has 1 amide bonds. The molecule has 0 aliphatic heterocycles. The molecule has 122 valence electrons. The number of nitrogens with one attached hydrogen (secondary N) is 3. The molecular formula is C17H15BrN4OS. The van der Waals surface area contributed by atoms with Crippen molar-refractivity contribution in [1.82, 2.24) is 15.4 Å². The molecule has 1 aromatic heterocycles. The van der Waals surface area contributed by atoms with Crippen LogP contribution in [0.15, 0.2) is 65.3 Å². The van der Waals surface area contributed by atoms with Crippen LogP contribution in [0.3, 0.4) is 0 Å². The Balaban J connectivity index is 1.54. The highest BCUT2D eigenvalue weighted by Gasteiger charge is 2.07. The molecule has 0 saturated heterocycles. The minimum Gasteiger partial charge on any atom is -0.338 e. The second-order valence-electron chi connectivity index (χ2n) is 5.14. The first-order valence-electron chi connectivity index (χ1n) is 7.27. The number of para-hydroxylation sites is 1. The van der Waals surface area contributed by atoms with Crippen molar-refractivity contribution in [3.8, 4) is 0 Å². The van der Waals surface area contributed by atoms with Crippen molar-refractivity contribution < 1.29 is 4.79 Å². The van der Waals surface area contributed by atoms with E-state index in [4.69, 9.17) is 12.2 Å². The second-order valence-corrected chi connectivity index (χ2v) is 6.46. The highest BCUT2D eigenvalue weighted by molar-refractivity contribution is 9.10. The number of hydrazine groups is 1. The summed E-state index contributed by atoms with van der Waals surface area (Å²) >= 11 is 8.59. The third-order valence-electron chi connectivity index (χ3n) is 3.39. The van der Waals surface area contributed by atoms with Crippen LogP contribution in [0.5, 0.6) is 0 Å². The fourth-order valence-electron chi connectivity index (χ4n) is 2.31. The summed E-state index contributed by atoms with van der Waals surface area (Å²) in [5.74, 6) is -0.187. The van der Waals surface area contributed by atoms with Crippen LogP contribution in [0.25, 0.3) is 10.9 Å². The van der Waals surface area contributed by atoms with Gasteiger partial charge in [0.25, 0.3) is 5.91 Å². The SMILES string of the molecule is O=C(Cn1ccc2cc(Br)ccc21)NNC(=S)Nc1ccccc1. The average molecular weight is 403 g/mol. The lowest BCUT2D eigenvalue weighted by molar-refractivity contribution is -0.122. The maximum absolute atomic E-state index is 12.1. The molecule has 3 aromatic rings. The molecule has 7 heteroatoms. The van der Waals surface area contributed by atoms with Gasteiger partial charge in [0.1, 0.15) is 6.54 Å². The molecule has 0 atom stereocenters. The molecule has 0 bridgehead atoms. The van der Waals surface area contributed by atoms with Gasteiger partial charge in [-0.05, 0) is 48.6 Å². The fraction of sp³-hybridized carbons (Fsp3) is 0.0588. The van der Waals surface area contributed by atoms with Crippen molar-refractivity contribution >= 4 is 55.8 Å². The van der Waals surface area contributed by atoms with Crippen molar-refractivity contribution in [3.63, 3.8) is 0 Å². The lowest BCUT2D eigenvalue weighted by atomic mass is 10.2. The Kier molecular flexibility index (Phi) is 5.12. The van der Waals surface area contributed by atoms with E-state index in [0.29, 0.717) is 5.11 Å². The third kappa shape index (κ3) is 4.12. The zero-order valence-electron chi connectivity index (χ0n) is 12.6. The predicted molar refractivity (Wildman–Crippen MR) is 104 cm³/mol. The standard InChI is InChI=1S/C17H15BrN4OS/c18-13-6-7-15-12(10-13)8-9-22(15)11-16(23)20-21-17(24)19-14-4-2-1-3-5-14/h1-10H,11H2,(H,20,23)(H2,19,21,24). The molecule has 3 rings (SSSR count). The minimum absolute atomic E-state index is 0.187. The summed E-state index contributed by atoms with van der Waals surface area (Å²) in [7, 11) is 0. The van der Waals surface area contributed by atoms with Gasteiger partial charge in [-0.3, -0.25) is 15.6 Å². The molecule has 0 spiro atoms. The van der Waals surface area contributed by atoms with Crippen LogP contribution in [0, 0.1) is 0 Å². The number of anilines is 1. The maximum atomic E-state index is 12.1. The van der Waals surface area contributed by atoms with Gasteiger partial charge in [-0.25, -0.2) is 0 Å². The number of hydrogen-bond acceptors (Lipinski definition) is 2. The van der Waals surface area contributed by atoms with Gasteiger partial charge in [0.05, 0.1) is 0 Å². The highest BCUT2D eigenvalue weighted by Crippen LogP contribution is 2.20. The molecule has 0 fully saturated rings. The molecule has 1 heterocycles. The smallest absolute Gasteiger partial charge is 0.258 e. The van der Waals surface area contributed by atoms with E-state index < -0.39 is 0 Å². The van der Waals surface area contributed by atoms with Crippen LogP contribution in [-0.4, -0.2) is 15.6 Å². The number of carbonyl (C=O) groups excluding carboxylic acids is 1. The van der Waals surface area contributed by atoms with Crippen LogP contribution < -0.4 is 16.2 Å². The first-order valence-corrected chi connectivity index (χ1v) is 8.47. The quantitative estimate of drug-likeness (QED) is 0.464. The Hall–Kier alpha value is -2.38. The summed E-state index contributed by atoms with van der Waals surface area (Å²) in [5.41, 5.74) is 7.15. The number of aromatic nitrogens is 1. The van der Waals surface area contributed by atoms with E-state index in [0.717, 1.165) is 21.1 Å². The van der Waals surface area contributed by atoms with E-state index in [1.165, 1.54) is 0 Å². The number of halogens is 1. The Bertz CT molecular complexity index is 879. The van der Waals surface area contributed by atoms with Gasteiger partial charge < -0.3 is 9.88 Å². The zero-order chi connectivity index (χ0) is 16.9. The summed E-state index contributed by atoms with van der Waals surface area (Å²) in [6, 6.07) is 17.4. The topological polar surface area (TPSA) is 58.1 Å². The summed E-state index contributed by atoms with van der Waals surface area (Å²) in [5, 5.41) is 4.39. The largest absolute Gasteiger partial charge is 0.338 e. The number of fused-ring (bicyclic) bond motifs is 1. The molecule has 0 unspecified atom stereocenters. The fourth-order valence-corrected chi connectivity index (χ4v) is 2.86. The van der Waals surface area contributed by atoms with Gasteiger partial charge in [-0.15, -0.1) is 0 Å². The number of hydrogen-bond donors (Lipinski definition) is 3. The molecule has 0 saturated carbocycles. The van der Waals surface area contributed by atoms with E-state index in [1.807, 2.05) is 65.4 Å². The molecule has 5 nitrogen and oxygen atoms in total. The van der Waals surface area contributed by atoms with E-state index in [-0.39, 0.29) is 12.5 Å². The van der Waals surface area contributed by atoms with Gasteiger partial charge in [0, 0.05) is 27.3 Å². The Morgan fingerprint density at radius 1 is 1.08 bits per heavy atom. The summed E-state index contributed by atoms with van der Waals surface area (Å²) in [4.78, 5) is 12.1. The highest BCUT2D eigenvalue weighted by atomic mass is 79.9. The molecular weight excluding hydrogens is 388 g/mol. The van der Waals surface area contributed by atoms with Crippen molar-refractivity contribution in [2.24, 2.45) is 0 Å². The van der Waals surface area contributed by atoms with Crippen LogP contribution in [-0.2, 0) is 11.3 Å². The summed E-state index contributed by atoms with van der Waals surface area (Å²) < 4.78 is 2.89. The van der Waals surface area contributed by atoms with E-state index >= 15 is 0 Å². The number of rotatable bonds is 3. The van der Waals surface area contributed by atoms with Crippen LogP contribution >= 0.6 is 28.1 Å². The minimum atomic E-state index is -0.187. The van der Waals surface area contributed by atoms with Crippen LogP contribution in [0.4, 0.5) is 5.69 Å². The number of thiocarbonyl (C=S) groups is 1. The monoisotopic (exact) mass is 402 g/mol. The lowest BCUT2D eigenvalue weighted by Gasteiger charge is -2.12. The molecule has 24 heavy (non-hydrogen) atoms. The Morgan fingerprint density at radius 2 is 1.88 bits per heavy atom. The number of nitrogens with zero attached hydrogens (tertiary/aromatic N) is 1. The zero-order valence-corrected chi connectivity index (χ0v) is 15.0. The van der Waals surface area contributed by atoms with Crippen molar-refractivity contribution in [2.45, 2.75) is 6.54 Å². The van der Waals surface area contributed by atoms with E-state index in [9.17, 15) is 4.79 Å². The molecule has 0 aliphatic rings. The molecule has 0 aliphatic carbocycles. The normalized spacial score (nSPS) is 10.4. The van der Waals surface area contributed by atoms with Crippen LogP contribution in [0.1, 0.15) is 0 Å². The first kappa shape index (κ1) is 16.5. The number of amides is 1. The Labute approximate surface area is 153 Å². The average Bonchev–Trinajstić information content (AvgIpc) is 2.96.